The molecule has 0 saturated carbocycles. The van der Waals surface area contributed by atoms with Gasteiger partial charge in [0.1, 0.15) is 23.7 Å². The van der Waals surface area contributed by atoms with E-state index in [0.717, 1.165) is 30.5 Å². The first kappa shape index (κ1) is 18.0. The predicted octanol–water partition coefficient (Wildman–Crippen LogP) is 2.30. The first-order valence-electron chi connectivity index (χ1n) is 9.36. The normalized spacial score (nSPS) is 14.2. The minimum Gasteiger partial charge on any atom is -0.484 e. The van der Waals surface area contributed by atoms with E-state index in [0.29, 0.717) is 13.1 Å². The number of carbonyl (C=O) groups excluding carboxylic acids is 1. The van der Waals surface area contributed by atoms with Gasteiger partial charge < -0.3 is 19.1 Å². The Morgan fingerprint density at radius 2 is 1.68 bits per heavy atom. The van der Waals surface area contributed by atoms with Gasteiger partial charge in [-0.05, 0) is 31.2 Å². The number of hydrogen-bond acceptors (Lipinski definition) is 5. The number of piperazine rings is 1. The molecule has 1 fully saturated rings. The van der Waals surface area contributed by atoms with Crippen molar-refractivity contribution >= 4 is 11.7 Å². The standard InChI is InChI=1S/C21H23N5O2/c1-17-4-6-18(7-5-17)28-15-21(27)26-12-10-25(11-13-26)20-14-19(22-16-23-20)24-8-2-3-9-24/h2-9,14,16H,10-13,15H2,1H3. The van der Waals surface area contributed by atoms with Crippen molar-refractivity contribution in [1.29, 1.82) is 0 Å². The van der Waals surface area contributed by atoms with Gasteiger partial charge in [-0.25, -0.2) is 9.97 Å². The maximum Gasteiger partial charge on any atom is 0.260 e. The van der Waals surface area contributed by atoms with E-state index in [1.165, 1.54) is 5.56 Å². The lowest BCUT2D eigenvalue weighted by Crippen LogP contribution is -2.50. The van der Waals surface area contributed by atoms with Crippen molar-refractivity contribution in [3.8, 4) is 11.6 Å². The third-order valence-electron chi connectivity index (χ3n) is 4.85. The van der Waals surface area contributed by atoms with Gasteiger partial charge in [0.05, 0.1) is 0 Å². The average Bonchev–Trinajstić information content (AvgIpc) is 3.28. The topological polar surface area (TPSA) is 63.5 Å². The van der Waals surface area contributed by atoms with Crippen LogP contribution in [0, 0.1) is 6.92 Å². The van der Waals surface area contributed by atoms with E-state index in [2.05, 4.69) is 14.9 Å². The molecule has 7 nitrogen and oxygen atoms in total. The number of nitrogens with zero attached hydrogens (tertiary/aromatic N) is 5. The number of carbonyl (C=O) groups is 1. The highest BCUT2D eigenvalue weighted by Crippen LogP contribution is 2.17. The Hall–Kier alpha value is -3.35. The fourth-order valence-corrected chi connectivity index (χ4v) is 3.19. The number of ether oxygens (including phenoxy) is 1. The molecule has 7 heteroatoms. The van der Waals surface area contributed by atoms with E-state index < -0.39 is 0 Å². The Labute approximate surface area is 164 Å². The quantitative estimate of drug-likeness (QED) is 0.683. The molecule has 1 aromatic carbocycles. The zero-order chi connectivity index (χ0) is 19.3. The molecule has 3 aromatic rings. The molecule has 1 aliphatic heterocycles. The number of aromatic nitrogens is 3. The highest BCUT2D eigenvalue weighted by Gasteiger charge is 2.22. The zero-order valence-corrected chi connectivity index (χ0v) is 15.9. The molecule has 1 saturated heterocycles. The van der Waals surface area contributed by atoms with Gasteiger partial charge in [-0.2, -0.15) is 0 Å². The van der Waals surface area contributed by atoms with Crippen LogP contribution < -0.4 is 9.64 Å². The third-order valence-corrected chi connectivity index (χ3v) is 4.85. The van der Waals surface area contributed by atoms with Gasteiger partial charge in [0, 0.05) is 44.6 Å². The van der Waals surface area contributed by atoms with Crippen LogP contribution in [0.5, 0.6) is 5.75 Å². The Morgan fingerprint density at radius 3 is 2.39 bits per heavy atom. The summed E-state index contributed by atoms with van der Waals surface area (Å²) in [6.45, 7) is 4.86. The van der Waals surface area contributed by atoms with E-state index in [1.54, 1.807) is 6.33 Å². The fraction of sp³-hybridized carbons (Fsp3) is 0.286. The molecule has 0 unspecified atom stereocenters. The third kappa shape index (κ3) is 4.14. The number of benzene rings is 1. The van der Waals surface area contributed by atoms with E-state index >= 15 is 0 Å². The molecule has 144 valence electrons. The lowest BCUT2D eigenvalue weighted by molar-refractivity contribution is -0.133. The highest BCUT2D eigenvalue weighted by molar-refractivity contribution is 5.78. The minimum atomic E-state index is 0.0101. The van der Waals surface area contributed by atoms with Crippen molar-refractivity contribution in [1.82, 2.24) is 19.4 Å². The first-order valence-corrected chi connectivity index (χ1v) is 9.36. The molecule has 0 atom stereocenters. The fourth-order valence-electron chi connectivity index (χ4n) is 3.19. The van der Waals surface area contributed by atoms with Crippen LogP contribution in [-0.2, 0) is 4.79 Å². The van der Waals surface area contributed by atoms with Crippen molar-refractivity contribution in [2.45, 2.75) is 6.92 Å². The molecule has 0 aliphatic carbocycles. The van der Waals surface area contributed by atoms with Crippen LogP contribution >= 0.6 is 0 Å². The minimum absolute atomic E-state index is 0.0101. The molecule has 1 aliphatic rings. The molecule has 28 heavy (non-hydrogen) atoms. The maximum atomic E-state index is 12.4. The van der Waals surface area contributed by atoms with Gasteiger partial charge in [-0.15, -0.1) is 0 Å². The summed E-state index contributed by atoms with van der Waals surface area (Å²) in [5.41, 5.74) is 1.17. The Balaban J connectivity index is 1.31. The summed E-state index contributed by atoms with van der Waals surface area (Å²) in [5, 5.41) is 0. The number of aryl methyl sites for hydroxylation is 1. The summed E-state index contributed by atoms with van der Waals surface area (Å²) in [4.78, 5) is 25.2. The summed E-state index contributed by atoms with van der Waals surface area (Å²) >= 11 is 0. The average molecular weight is 377 g/mol. The van der Waals surface area contributed by atoms with E-state index in [9.17, 15) is 4.79 Å². The summed E-state index contributed by atoms with van der Waals surface area (Å²) in [6.07, 6.45) is 5.49. The number of rotatable bonds is 5. The lowest BCUT2D eigenvalue weighted by Gasteiger charge is -2.35. The molecule has 0 radical (unpaired) electrons. The predicted molar refractivity (Wildman–Crippen MR) is 107 cm³/mol. The monoisotopic (exact) mass is 377 g/mol. The molecule has 2 aromatic heterocycles. The van der Waals surface area contributed by atoms with Crippen molar-refractivity contribution in [2.75, 3.05) is 37.7 Å². The second kappa shape index (κ2) is 8.12. The van der Waals surface area contributed by atoms with Crippen LogP contribution in [-0.4, -0.2) is 58.1 Å². The van der Waals surface area contributed by atoms with Crippen LogP contribution in [0.4, 0.5) is 5.82 Å². The van der Waals surface area contributed by atoms with Crippen molar-refractivity contribution in [3.05, 3.63) is 66.7 Å². The summed E-state index contributed by atoms with van der Waals surface area (Å²) < 4.78 is 7.57. The molecular weight excluding hydrogens is 354 g/mol. The van der Waals surface area contributed by atoms with Crippen molar-refractivity contribution in [3.63, 3.8) is 0 Å². The first-order chi connectivity index (χ1) is 13.7. The van der Waals surface area contributed by atoms with Gasteiger partial charge in [0.2, 0.25) is 0 Å². The summed E-state index contributed by atoms with van der Waals surface area (Å²) in [6, 6.07) is 13.6. The maximum absolute atomic E-state index is 12.4. The van der Waals surface area contributed by atoms with Crippen LogP contribution in [0.15, 0.2) is 61.2 Å². The summed E-state index contributed by atoms with van der Waals surface area (Å²) in [5.74, 6) is 2.44. The Bertz CT molecular complexity index is 916. The molecule has 0 bridgehead atoms. The molecule has 1 amide bonds. The number of anilines is 1. The van der Waals surface area contributed by atoms with Gasteiger partial charge >= 0.3 is 0 Å². The van der Waals surface area contributed by atoms with E-state index in [1.807, 2.05) is 71.2 Å². The van der Waals surface area contributed by atoms with Crippen LogP contribution in [0.3, 0.4) is 0 Å². The largest absolute Gasteiger partial charge is 0.484 e. The molecule has 4 rings (SSSR count). The number of hydrogen-bond donors (Lipinski definition) is 0. The smallest absolute Gasteiger partial charge is 0.260 e. The van der Waals surface area contributed by atoms with E-state index in [4.69, 9.17) is 4.74 Å². The molecule has 0 N–H and O–H groups in total. The van der Waals surface area contributed by atoms with Gasteiger partial charge in [-0.3, -0.25) is 4.79 Å². The molecule has 0 spiro atoms. The second-order valence-corrected chi connectivity index (χ2v) is 6.79. The van der Waals surface area contributed by atoms with Crippen molar-refractivity contribution < 1.29 is 9.53 Å². The van der Waals surface area contributed by atoms with Gasteiger partial charge in [0.15, 0.2) is 6.61 Å². The van der Waals surface area contributed by atoms with Crippen LogP contribution in [0.2, 0.25) is 0 Å². The van der Waals surface area contributed by atoms with E-state index in [-0.39, 0.29) is 12.5 Å². The van der Waals surface area contributed by atoms with Crippen LogP contribution in [0.1, 0.15) is 5.56 Å². The Kier molecular flexibility index (Phi) is 5.23. The molecular formula is C21H23N5O2. The second-order valence-electron chi connectivity index (χ2n) is 6.79. The summed E-state index contributed by atoms with van der Waals surface area (Å²) in [7, 11) is 0. The van der Waals surface area contributed by atoms with Gasteiger partial charge in [-0.1, -0.05) is 17.7 Å². The SMILES string of the molecule is Cc1ccc(OCC(=O)N2CCN(c3cc(-n4cccc4)ncn3)CC2)cc1. The zero-order valence-electron chi connectivity index (χ0n) is 15.9. The Morgan fingerprint density at radius 1 is 1.00 bits per heavy atom. The van der Waals surface area contributed by atoms with Gasteiger partial charge in [0.25, 0.3) is 5.91 Å². The highest BCUT2D eigenvalue weighted by atomic mass is 16.5. The van der Waals surface area contributed by atoms with Crippen molar-refractivity contribution in [2.24, 2.45) is 0 Å². The van der Waals surface area contributed by atoms with Crippen LogP contribution in [0.25, 0.3) is 5.82 Å². The lowest BCUT2D eigenvalue weighted by atomic mass is 10.2. The number of amides is 1. The molecule has 3 heterocycles.